The van der Waals surface area contributed by atoms with Crippen LogP contribution >= 0.6 is 23.2 Å². The van der Waals surface area contributed by atoms with E-state index in [4.69, 9.17) is 23.2 Å². The third-order valence-electron chi connectivity index (χ3n) is 4.32. The minimum Gasteiger partial charge on any atom is -0.386 e. The third kappa shape index (κ3) is 2.83. The smallest absolute Gasteiger partial charge is 0.106 e. The molecule has 1 aromatic carbocycles. The van der Waals surface area contributed by atoms with Gasteiger partial charge < -0.3 is 9.67 Å². The first-order valence-electron chi connectivity index (χ1n) is 7.05. The minimum atomic E-state index is -1.04. The number of halogens is 2. The number of hydrogen-bond acceptors (Lipinski definition) is 2. The molecule has 0 bridgehead atoms. The van der Waals surface area contributed by atoms with Gasteiger partial charge in [0, 0.05) is 23.3 Å². The van der Waals surface area contributed by atoms with Crippen molar-refractivity contribution in [3.8, 4) is 0 Å². The second-order valence-electron chi connectivity index (χ2n) is 5.93. The molecule has 0 spiro atoms. The zero-order valence-electron chi connectivity index (χ0n) is 11.9. The van der Waals surface area contributed by atoms with E-state index in [1.54, 1.807) is 12.5 Å². The second-order valence-corrected chi connectivity index (χ2v) is 7.06. The molecule has 1 saturated carbocycles. The van der Waals surface area contributed by atoms with Crippen LogP contribution in [-0.4, -0.2) is 25.1 Å². The SMILES string of the molecule is Cc1cncn1CC(O)(Cc1ccccc1Cl)C1(Cl)CC1. The van der Waals surface area contributed by atoms with Crippen molar-refractivity contribution < 1.29 is 5.11 Å². The minimum absolute atomic E-state index is 0.424. The summed E-state index contributed by atoms with van der Waals surface area (Å²) in [6.07, 6.45) is 5.60. The Morgan fingerprint density at radius 1 is 1.38 bits per heavy atom. The number of hydrogen-bond donors (Lipinski definition) is 1. The molecule has 2 aromatic rings. The molecule has 5 heteroatoms. The molecule has 1 fully saturated rings. The van der Waals surface area contributed by atoms with E-state index in [1.165, 1.54) is 0 Å². The van der Waals surface area contributed by atoms with Crippen molar-refractivity contribution in [2.75, 3.05) is 0 Å². The number of benzene rings is 1. The highest BCUT2D eigenvalue weighted by Gasteiger charge is 2.57. The summed E-state index contributed by atoms with van der Waals surface area (Å²) < 4.78 is 1.94. The number of imidazole rings is 1. The highest BCUT2D eigenvalue weighted by Crippen LogP contribution is 2.53. The van der Waals surface area contributed by atoms with E-state index in [0.717, 1.165) is 24.1 Å². The molecule has 21 heavy (non-hydrogen) atoms. The summed E-state index contributed by atoms with van der Waals surface area (Å²) in [6, 6.07) is 7.60. The third-order valence-corrected chi connectivity index (χ3v) is 5.41. The Morgan fingerprint density at radius 2 is 2.10 bits per heavy atom. The van der Waals surface area contributed by atoms with E-state index in [0.29, 0.717) is 18.0 Å². The van der Waals surface area contributed by atoms with E-state index in [9.17, 15) is 5.11 Å². The molecule has 112 valence electrons. The maximum atomic E-state index is 11.2. The molecular formula is C16H18Cl2N2O. The summed E-state index contributed by atoms with van der Waals surface area (Å²) in [6.45, 7) is 2.39. The van der Waals surface area contributed by atoms with Crippen molar-refractivity contribution >= 4 is 23.2 Å². The lowest BCUT2D eigenvalue weighted by Gasteiger charge is -2.34. The van der Waals surface area contributed by atoms with Gasteiger partial charge in [-0.2, -0.15) is 0 Å². The quantitative estimate of drug-likeness (QED) is 0.853. The van der Waals surface area contributed by atoms with E-state index < -0.39 is 10.5 Å². The molecule has 1 aromatic heterocycles. The molecule has 1 aliphatic rings. The lowest BCUT2D eigenvalue weighted by molar-refractivity contribution is 0.0104. The lowest BCUT2D eigenvalue weighted by Crippen LogP contribution is -2.47. The van der Waals surface area contributed by atoms with Crippen LogP contribution in [0.4, 0.5) is 0 Å². The van der Waals surface area contributed by atoms with Gasteiger partial charge in [-0.1, -0.05) is 29.8 Å². The number of aryl methyl sites for hydroxylation is 1. The molecule has 0 aliphatic heterocycles. The summed E-state index contributed by atoms with van der Waals surface area (Å²) in [5, 5.41) is 11.9. The number of nitrogens with zero attached hydrogens (tertiary/aromatic N) is 2. The van der Waals surface area contributed by atoms with Gasteiger partial charge in [0.2, 0.25) is 0 Å². The Balaban J connectivity index is 1.91. The predicted molar refractivity (Wildman–Crippen MR) is 84.9 cm³/mol. The summed E-state index contributed by atoms with van der Waals surface area (Å²) in [7, 11) is 0. The Kier molecular flexibility index (Phi) is 3.76. The lowest BCUT2D eigenvalue weighted by atomic mass is 9.88. The van der Waals surface area contributed by atoms with Crippen molar-refractivity contribution in [3.05, 3.63) is 53.1 Å². The molecule has 3 rings (SSSR count). The van der Waals surface area contributed by atoms with Crippen molar-refractivity contribution in [1.29, 1.82) is 0 Å². The van der Waals surface area contributed by atoms with Gasteiger partial charge in [0.1, 0.15) is 5.60 Å². The summed E-state index contributed by atoms with van der Waals surface area (Å²) in [5.74, 6) is 0. The monoisotopic (exact) mass is 324 g/mol. The normalized spacial score (nSPS) is 19.2. The molecule has 3 nitrogen and oxygen atoms in total. The maximum Gasteiger partial charge on any atom is 0.106 e. The van der Waals surface area contributed by atoms with E-state index in [1.807, 2.05) is 35.8 Å². The number of aliphatic hydroxyl groups is 1. The zero-order valence-corrected chi connectivity index (χ0v) is 13.4. The maximum absolute atomic E-state index is 11.2. The second kappa shape index (κ2) is 5.31. The van der Waals surface area contributed by atoms with Crippen LogP contribution in [0.2, 0.25) is 5.02 Å². The van der Waals surface area contributed by atoms with Gasteiger partial charge in [0.15, 0.2) is 0 Å². The van der Waals surface area contributed by atoms with Crippen LogP contribution in [0.5, 0.6) is 0 Å². The molecule has 0 amide bonds. The van der Waals surface area contributed by atoms with Crippen LogP contribution in [0, 0.1) is 6.92 Å². The van der Waals surface area contributed by atoms with E-state index >= 15 is 0 Å². The van der Waals surface area contributed by atoms with Crippen molar-refractivity contribution in [3.63, 3.8) is 0 Å². The molecule has 1 atom stereocenters. The van der Waals surface area contributed by atoms with Crippen LogP contribution in [0.25, 0.3) is 0 Å². The largest absolute Gasteiger partial charge is 0.386 e. The van der Waals surface area contributed by atoms with Gasteiger partial charge in [-0.05, 0) is 31.4 Å². The topological polar surface area (TPSA) is 38.0 Å². The van der Waals surface area contributed by atoms with Crippen LogP contribution in [0.15, 0.2) is 36.8 Å². The van der Waals surface area contributed by atoms with Gasteiger partial charge in [-0.3, -0.25) is 0 Å². The number of alkyl halides is 1. The van der Waals surface area contributed by atoms with Crippen LogP contribution < -0.4 is 0 Å². The number of rotatable bonds is 5. The Labute approximate surface area is 134 Å². The fourth-order valence-corrected chi connectivity index (χ4v) is 3.15. The highest BCUT2D eigenvalue weighted by molar-refractivity contribution is 6.31. The van der Waals surface area contributed by atoms with Gasteiger partial charge in [-0.25, -0.2) is 4.98 Å². The van der Waals surface area contributed by atoms with Gasteiger partial charge in [-0.15, -0.1) is 11.6 Å². The first kappa shape index (κ1) is 14.9. The average Bonchev–Trinajstić information content (AvgIpc) is 3.09. The zero-order chi connectivity index (χ0) is 15.1. The number of aromatic nitrogens is 2. The van der Waals surface area contributed by atoms with Crippen molar-refractivity contribution in [1.82, 2.24) is 9.55 Å². The highest BCUT2D eigenvalue weighted by atomic mass is 35.5. The van der Waals surface area contributed by atoms with Crippen LogP contribution in [0.3, 0.4) is 0 Å². The summed E-state index contributed by atoms with van der Waals surface area (Å²) >= 11 is 12.8. The fourth-order valence-electron chi connectivity index (χ4n) is 2.72. The van der Waals surface area contributed by atoms with Crippen molar-refractivity contribution in [2.45, 2.75) is 43.2 Å². The molecule has 0 radical (unpaired) electrons. The van der Waals surface area contributed by atoms with E-state index in [-0.39, 0.29) is 0 Å². The molecule has 1 unspecified atom stereocenters. The Hall–Kier alpha value is -1.03. The standard InChI is InChI=1S/C16H18Cl2N2O/c1-12-9-19-11-20(12)10-16(21,15(18)6-7-15)8-13-4-2-3-5-14(13)17/h2-5,9,11,21H,6-8,10H2,1H3. The Morgan fingerprint density at radius 3 is 2.67 bits per heavy atom. The molecule has 1 N–H and O–H groups in total. The van der Waals surface area contributed by atoms with Crippen LogP contribution in [0.1, 0.15) is 24.1 Å². The van der Waals surface area contributed by atoms with E-state index in [2.05, 4.69) is 4.98 Å². The molecule has 1 heterocycles. The molecule has 1 aliphatic carbocycles. The summed E-state index contributed by atoms with van der Waals surface area (Å²) in [5.41, 5.74) is 0.894. The van der Waals surface area contributed by atoms with Gasteiger partial charge >= 0.3 is 0 Å². The molecule has 0 saturated heterocycles. The van der Waals surface area contributed by atoms with Crippen molar-refractivity contribution in [2.24, 2.45) is 0 Å². The Bertz CT molecular complexity index is 651. The molecular weight excluding hydrogens is 307 g/mol. The van der Waals surface area contributed by atoms with Crippen LogP contribution in [-0.2, 0) is 13.0 Å². The summed E-state index contributed by atoms with van der Waals surface area (Å²) in [4.78, 5) is 3.55. The predicted octanol–water partition coefficient (Wildman–Crippen LogP) is 3.59. The van der Waals surface area contributed by atoms with Gasteiger partial charge in [0.25, 0.3) is 0 Å². The van der Waals surface area contributed by atoms with Gasteiger partial charge in [0.05, 0.1) is 17.7 Å². The fraction of sp³-hybridized carbons (Fsp3) is 0.438. The first-order valence-corrected chi connectivity index (χ1v) is 7.81. The first-order chi connectivity index (χ1) is 9.94. The average molecular weight is 325 g/mol.